The number of aliphatic imine (C=N–C) groups is 1. The molecule has 8 heteroatoms. The van der Waals surface area contributed by atoms with Crippen LogP contribution in [0.4, 0.5) is 11.5 Å². The Morgan fingerprint density at radius 1 is 1.14 bits per heavy atom. The number of hydrogen-bond acceptors (Lipinski definition) is 6. The summed E-state index contributed by atoms with van der Waals surface area (Å²) in [4.78, 5) is 23.7. The van der Waals surface area contributed by atoms with Gasteiger partial charge in [0.15, 0.2) is 11.5 Å². The maximum Gasteiger partial charge on any atom is 0.246 e. The van der Waals surface area contributed by atoms with Crippen molar-refractivity contribution in [3.8, 4) is 5.88 Å². The molecule has 3 aliphatic rings. The number of fused-ring (bicyclic) bond motifs is 1. The molecule has 7 nitrogen and oxygen atoms in total. The summed E-state index contributed by atoms with van der Waals surface area (Å²) in [5.41, 5.74) is 7.78. The average molecular weight is 493 g/mol. The number of rotatable bonds is 5. The van der Waals surface area contributed by atoms with Crippen LogP contribution in [0, 0.1) is 17.8 Å². The van der Waals surface area contributed by atoms with Crippen LogP contribution in [0.3, 0.4) is 0 Å². The second-order valence-electron chi connectivity index (χ2n) is 10.4. The molecule has 2 unspecified atom stereocenters. The van der Waals surface area contributed by atoms with Gasteiger partial charge in [0, 0.05) is 11.5 Å². The van der Waals surface area contributed by atoms with Crippen LogP contribution >= 0.6 is 7.37 Å². The number of aromatic nitrogens is 2. The van der Waals surface area contributed by atoms with E-state index < -0.39 is 13.0 Å². The van der Waals surface area contributed by atoms with Crippen molar-refractivity contribution in [3.63, 3.8) is 0 Å². The van der Waals surface area contributed by atoms with Gasteiger partial charge < -0.3 is 15.4 Å². The molecule has 3 N–H and O–H groups in total. The van der Waals surface area contributed by atoms with Crippen molar-refractivity contribution in [1.29, 1.82) is 0 Å². The molecule has 1 aliphatic heterocycles. The van der Waals surface area contributed by atoms with E-state index in [4.69, 9.17) is 15.5 Å². The van der Waals surface area contributed by atoms with Gasteiger partial charge in [-0.05, 0) is 81.4 Å². The first-order chi connectivity index (χ1) is 16.7. The Labute approximate surface area is 206 Å². The van der Waals surface area contributed by atoms with Crippen molar-refractivity contribution in [2.45, 2.75) is 51.6 Å². The number of ether oxygens (including phenoxy) is 1. The number of benzene rings is 1. The first kappa shape index (κ1) is 24.0. The van der Waals surface area contributed by atoms with Crippen LogP contribution in [0.15, 0.2) is 65.5 Å². The summed E-state index contributed by atoms with van der Waals surface area (Å²) in [5, 5.41) is 0.573. The van der Waals surface area contributed by atoms with Gasteiger partial charge in [0.1, 0.15) is 11.9 Å². The van der Waals surface area contributed by atoms with E-state index in [-0.39, 0.29) is 0 Å². The van der Waals surface area contributed by atoms with E-state index in [1.54, 1.807) is 12.1 Å². The Kier molecular flexibility index (Phi) is 6.41. The van der Waals surface area contributed by atoms with Crippen molar-refractivity contribution < 1.29 is 14.2 Å². The normalized spacial score (nSPS) is 27.1. The van der Waals surface area contributed by atoms with Gasteiger partial charge in [0.2, 0.25) is 13.2 Å². The molecule has 35 heavy (non-hydrogen) atoms. The lowest BCUT2D eigenvalue weighted by atomic mass is 9.73. The smallest absolute Gasteiger partial charge is 0.246 e. The van der Waals surface area contributed by atoms with Crippen molar-refractivity contribution in [2.24, 2.45) is 22.7 Å². The SMILES string of the molecule is CC1(C)Oc2ncnc(N)c2N=C1C1=CCC([C@H]2CC[C@H](CP(=O)(O)c3ccccc3)CC2)C=C1. The van der Waals surface area contributed by atoms with Gasteiger partial charge in [-0.15, -0.1) is 0 Å². The van der Waals surface area contributed by atoms with Crippen molar-refractivity contribution in [1.82, 2.24) is 9.97 Å². The van der Waals surface area contributed by atoms with Crippen LogP contribution in [0.1, 0.15) is 46.0 Å². The van der Waals surface area contributed by atoms with Gasteiger partial charge in [-0.3, -0.25) is 4.57 Å². The zero-order valence-corrected chi connectivity index (χ0v) is 21.2. The van der Waals surface area contributed by atoms with Crippen LogP contribution in [0.5, 0.6) is 5.88 Å². The molecule has 0 saturated heterocycles. The number of hydrogen-bond donors (Lipinski definition) is 2. The molecular weight excluding hydrogens is 459 g/mol. The summed E-state index contributed by atoms with van der Waals surface area (Å²) < 4.78 is 19.0. The molecule has 1 aromatic carbocycles. The minimum atomic E-state index is -3.29. The van der Waals surface area contributed by atoms with Gasteiger partial charge in [0.05, 0.1) is 5.71 Å². The fourth-order valence-electron chi connectivity index (χ4n) is 5.58. The van der Waals surface area contributed by atoms with Crippen LogP contribution in [-0.4, -0.2) is 32.3 Å². The van der Waals surface area contributed by atoms with E-state index in [1.165, 1.54) is 6.33 Å². The fourth-order valence-corrected chi connectivity index (χ4v) is 7.50. The third-order valence-corrected chi connectivity index (χ3v) is 9.65. The van der Waals surface area contributed by atoms with Crippen LogP contribution in [0.2, 0.25) is 0 Å². The molecule has 0 radical (unpaired) electrons. The minimum absolute atomic E-state index is 0.309. The molecule has 184 valence electrons. The highest BCUT2D eigenvalue weighted by atomic mass is 31.2. The highest BCUT2D eigenvalue weighted by Gasteiger charge is 2.37. The molecule has 1 fully saturated rings. The lowest BCUT2D eigenvalue weighted by Gasteiger charge is -2.35. The Morgan fingerprint density at radius 2 is 1.89 bits per heavy atom. The molecule has 2 aromatic rings. The van der Waals surface area contributed by atoms with Gasteiger partial charge in [0.25, 0.3) is 0 Å². The van der Waals surface area contributed by atoms with Crippen molar-refractivity contribution in [3.05, 3.63) is 60.5 Å². The lowest BCUT2D eigenvalue weighted by Crippen LogP contribution is -2.41. The molecule has 1 aromatic heterocycles. The Balaban J connectivity index is 1.21. The van der Waals surface area contributed by atoms with E-state index in [0.29, 0.717) is 46.6 Å². The summed E-state index contributed by atoms with van der Waals surface area (Å²) in [6.07, 6.45) is 13.6. The number of allylic oxidation sites excluding steroid dienone is 3. The predicted molar refractivity (Wildman–Crippen MR) is 140 cm³/mol. The van der Waals surface area contributed by atoms with Crippen LogP contribution < -0.4 is 15.8 Å². The van der Waals surface area contributed by atoms with Crippen molar-refractivity contribution >= 4 is 29.9 Å². The highest BCUT2D eigenvalue weighted by molar-refractivity contribution is 7.66. The third-order valence-electron chi connectivity index (χ3n) is 7.53. The largest absolute Gasteiger partial charge is 0.463 e. The summed E-state index contributed by atoms with van der Waals surface area (Å²) in [7, 11) is -3.29. The first-order valence-corrected chi connectivity index (χ1v) is 14.2. The zero-order chi connectivity index (χ0) is 24.6. The Hall–Kier alpha value is -2.76. The first-order valence-electron chi connectivity index (χ1n) is 12.4. The molecule has 0 bridgehead atoms. The van der Waals surface area contributed by atoms with E-state index in [2.05, 4.69) is 28.2 Å². The second kappa shape index (κ2) is 9.36. The topological polar surface area (TPSA) is 111 Å². The van der Waals surface area contributed by atoms with E-state index in [1.807, 2.05) is 32.0 Å². The van der Waals surface area contributed by atoms with E-state index >= 15 is 0 Å². The second-order valence-corrected chi connectivity index (χ2v) is 12.7. The maximum atomic E-state index is 12.9. The summed E-state index contributed by atoms with van der Waals surface area (Å²) in [6.45, 7) is 3.98. The maximum absolute atomic E-state index is 12.9. The Bertz CT molecular complexity index is 1230. The Morgan fingerprint density at radius 3 is 2.57 bits per heavy atom. The van der Waals surface area contributed by atoms with Crippen LogP contribution in [0.25, 0.3) is 0 Å². The molecule has 2 aliphatic carbocycles. The highest BCUT2D eigenvalue weighted by Crippen LogP contribution is 2.47. The van der Waals surface area contributed by atoms with Gasteiger partial charge in [-0.2, -0.15) is 4.98 Å². The molecule has 2 atom stereocenters. The third kappa shape index (κ3) is 4.98. The molecular formula is C27H33N4O3P. The molecule has 5 rings (SSSR count). The monoisotopic (exact) mass is 492 g/mol. The molecule has 0 amide bonds. The average Bonchev–Trinajstić information content (AvgIpc) is 2.84. The van der Waals surface area contributed by atoms with Gasteiger partial charge >= 0.3 is 0 Å². The fraction of sp³-hybridized carbons (Fsp3) is 0.444. The summed E-state index contributed by atoms with van der Waals surface area (Å²) >= 11 is 0. The van der Waals surface area contributed by atoms with E-state index in [0.717, 1.165) is 43.4 Å². The van der Waals surface area contributed by atoms with Crippen LogP contribution in [-0.2, 0) is 4.57 Å². The van der Waals surface area contributed by atoms with Gasteiger partial charge in [-0.1, -0.05) is 36.4 Å². The lowest BCUT2D eigenvalue weighted by molar-refractivity contribution is 0.171. The number of nitrogens with zero attached hydrogens (tertiary/aromatic N) is 3. The summed E-state index contributed by atoms with van der Waals surface area (Å²) in [6, 6.07) is 9.09. The van der Waals surface area contributed by atoms with Gasteiger partial charge in [-0.25, -0.2) is 9.98 Å². The molecule has 0 spiro atoms. The zero-order valence-electron chi connectivity index (χ0n) is 20.3. The summed E-state index contributed by atoms with van der Waals surface area (Å²) in [5.74, 6) is 2.11. The molecule has 1 saturated carbocycles. The molecule has 2 heterocycles. The number of nitrogens with two attached hydrogens (primary N) is 1. The quantitative estimate of drug-likeness (QED) is 0.555. The predicted octanol–water partition coefficient (Wildman–Crippen LogP) is 5.21. The number of nitrogen functional groups attached to an aromatic ring is 1. The van der Waals surface area contributed by atoms with E-state index in [9.17, 15) is 9.46 Å². The number of anilines is 1. The van der Waals surface area contributed by atoms with Crippen molar-refractivity contribution in [2.75, 3.05) is 11.9 Å². The minimum Gasteiger partial charge on any atom is -0.463 e. The standard InChI is InChI=1S/C27H33N4O3P/c1-27(2)24(31-23-25(28)29-17-30-26(23)34-27)21-14-12-20(13-15-21)19-10-8-18(9-11-19)16-35(32,33)22-6-4-3-5-7-22/h3-7,12,14-15,17-20H,8-11,13,16H2,1-2H3,(H,32,33)(H2,28,29,30)/t18-,19-,20?.